The standard InChI is InChI=1S/6C22H20/c1-15-8-6-9-16(14-15)17-11-7-12-19-18-10-4-5-13-20(18)22(2,3)21(17)19;1-15-9-4-5-10-16(15)18-12-8-13-19-17-11-6-7-14-20(17)22(2,3)21(18)19;1-15-11-13-16(14-12-15)17-8-6-9-19-18-7-4-5-10-20(18)22(2,3)21(17)19;1-15-9-7-13-18-20-17(16-10-5-4-6-11-16)12-8-14-19(20)22(2,3)21(15)18;1-15-9-7-13-18-20(15)21-17(16-10-5-4-6-11-16)12-8-14-19(21)22(18,2)3;1-15-12-13-19-18(14-15)21-17(16-8-5-4-6-9-16)10-7-11-20(21)22(19,2)3/h6*4-14H,1-3H3. The summed E-state index contributed by atoms with van der Waals surface area (Å²) in [7, 11) is 0. The molecule has 0 saturated carbocycles. The molecule has 24 rings (SSSR count). The molecular weight excluding hydrogens is 1590 g/mol. The lowest BCUT2D eigenvalue weighted by Crippen LogP contribution is -2.16. The summed E-state index contributed by atoms with van der Waals surface area (Å²) in [5.74, 6) is 0. The first-order valence-corrected chi connectivity index (χ1v) is 47.4. The van der Waals surface area contributed by atoms with Gasteiger partial charge in [-0.25, -0.2) is 0 Å². The van der Waals surface area contributed by atoms with E-state index in [1.54, 1.807) is 0 Å². The molecule has 6 aliphatic carbocycles. The van der Waals surface area contributed by atoms with E-state index < -0.39 is 0 Å². The summed E-state index contributed by atoms with van der Waals surface area (Å²) >= 11 is 0. The minimum Gasteiger partial charge on any atom is -0.0622 e. The minimum atomic E-state index is 0.0464. The molecule has 0 radical (unpaired) electrons. The molecule has 0 bridgehead atoms. The van der Waals surface area contributed by atoms with E-state index in [0.717, 1.165) is 0 Å². The zero-order valence-corrected chi connectivity index (χ0v) is 80.1. The Hall–Kier alpha value is -14.0. The molecule has 18 aromatic rings. The first kappa shape index (κ1) is 87.3. The van der Waals surface area contributed by atoms with Gasteiger partial charge in [0.05, 0.1) is 0 Å². The van der Waals surface area contributed by atoms with E-state index in [2.05, 4.69) is 525 Å². The quantitative estimate of drug-likeness (QED) is 0.156. The molecule has 0 aliphatic heterocycles. The lowest BCUT2D eigenvalue weighted by molar-refractivity contribution is 0.656. The van der Waals surface area contributed by atoms with Gasteiger partial charge < -0.3 is 0 Å². The molecule has 0 amide bonds. The lowest BCUT2D eigenvalue weighted by atomic mass is 9.78. The summed E-state index contributed by atoms with van der Waals surface area (Å²) in [6.07, 6.45) is 0. The highest BCUT2D eigenvalue weighted by Gasteiger charge is 2.44. The number of fused-ring (bicyclic) bond motifs is 18. The third-order valence-corrected chi connectivity index (χ3v) is 29.8. The molecule has 18 aromatic carbocycles. The number of benzene rings is 18. The lowest BCUT2D eigenvalue weighted by Gasteiger charge is -2.25. The second-order valence-electron chi connectivity index (χ2n) is 40.4. The van der Waals surface area contributed by atoms with Crippen LogP contribution in [0.15, 0.2) is 400 Å². The zero-order chi connectivity index (χ0) is 91.9. The number of hydrogen-bond donors (Lipinski definition) is 0. The van der Waals surface area contributed by atoms with Crippen LogP contribution < -0.4 is 0 Å². The van der Waals surface area contributed by atoms with E-state index in [0.29, 0.717) is 0 Å². The zero-order valence-electron chi connectivity index (χ0n) is 80.1. The monoisotopic (exact) mass is 1700 g/mol. The van der Waals surface area contributed by atoms with Crippen LogP contribution in [0.2, 0.25) is 0 Å². The summed E-state index contributed by atoms with van der Waals surface area (Å²) in [5, 5.41) is 0. The second-order valence-corrected chi connectivity index (χ2v) is 40.4. The van der Waals surface area contributed by atoms with Crippen molar-refractivity contribution in [2.45, 2.75) is 157 Å². The van der Waals surface area contributed by atoms with Crippen molar-refractivity contribution in [2.75, 3.05) is 0 Å². The molecular formula is C132H120. The van der Waals surface area contributed by atoms with Crippen LogP contribution in [0.4, 0.5) is 0 Å². The van der Waals surface area contributed by atoms with Gasteiger partial charge in [0.1, 0.15) is 0 Å². The predicted octanol–water partition coefficient (Wildman–Crippen LogP) is 35.8. The maximum Gasteiger partial charge on any atom is 0.0165 e. The molecule has 0 spiro atoms. The largest absolute Gasteiger partial charge is 0.0622 e. The molecule has 0 unspecified atom stereocenters. The van der Waals surface area contributed by atoms with E-state index in [4.69, 9.17) is 0 Å². The Morgan fingerprint density at radius 1 is 0.129 bits per heavy atom. The Labute approximate surface area is 785 Å². The first-order chi connectivity index (χ1) is 63.6. The van der Waals surface area contributed by atoms with Gasteiger partial charge in [-0.15, -0.1) is 0 Å². The van der Waals surface area contributed by atoms with Gasteiger partial charge in [0.15, 0.2) is 0 Å². The van der Waals surface area contributed by atoms with Gasteiger partial charge in [0.25, 0.3) is 0 Å². The van der Waals surface area contributed by atoms with E-state index in [-0.39, 0.29) is 32.5 Å². The molecule has 0 heterocycles. The normalized spacial score (nSPS) is 14.5. The van der Waals surface area contributed by atoms with Gasteiger partial charge in [-0.05, 0) is 259 Å². The third kappa shape index (κ3) is 15.1. The topological polar surface area (TPSA) is 0 Å². The molecule has 648 valence electrons. The summed E-state index contributed by atoms with van der Waals surface area (Å²) in [5.41, 5.74) is 58.6. The maximum atomic E-state index is 2.35. The highest BCUT2D eigenvalue weighted by Crippen LogP contribution is 2.60. The van der Waals surface area contributed by atoms with Crippen molar-refractivity contribution in [1.82, 2.24) is 0 Å². The number of rotatable bonds is 6. The van der Waals surface area contributed by atoms with Crippen LogP contribution in [-0.2, 0) is 32.5 Å². The van der Waals surface area contributed by atoms with Crippen molar-refractivity contribution in [3.8, 4) is 134 Å². The van der Waals surface area contributed by atoms with Crippen molar-refractivity contribution >= 4 is 0 Å². The van der Waals surface area contributed by atoms with Gasteiger partial charge >= 0.3 is 0 Å². The Bertz CT molecular complexity index is 7400. The molecule has 6 aliphatic rings. The van der Waals surface area contributed by atoms with Gasteiger partial charge in [-0.2, -0.15) is 0 Å². The number of aryl methyl sites for hydroxylation is 6. The van der Waals surface area contributed by atoms with Crippen LogP contribution in [0.5, 0.6) is 0 Å². The minimum absolute atomic E-state index is 0.0464. The SMILES string of the molecule is Cc1ccc(-c2cccc3c2C(C)(C)c2ccccc2-3)cc1.Cc1ccc2c(c1)-c1c(-c3ccccc3)cccc1C2(C)C.Cc1cccc(-c2cccc3c2C(C)(C)c2ccccc2-3)c1.Cc1cccc2c1-c1c(-c3ccccc3)cccc1C2(C)C.Cc1cccc2c1C(C)(C)c1cccc(-c3ccccc3)c1-2.Cc1ccccc1-c1cccc2c1C(C)(C)c1ccccc1-2. The fourth-order valence-corrected chi connectivity index (χ4v) is 23.4. The predicted molar refractivity (Wildman–Crippen MR) is 565 cm³/mol. The van der Waals surface area contributed by atoms with E-state index >= 15 is 0 Å². The Morgan fingerprint density at radius 2 is 0.402 bits per heavy atom. The van der Waals surface area contributed by atoms with Crippen LogP contribution in [0, 0.1) is 41.5 Å². The van der Waals surface area contributed by atoms with Crippen molar-refractivity contribution in [2.24, 2.45) is 0 Å². The molecule has 132 heavy (non-hydrogen) atoms. The molecule has 0 fully saturated rings. The Morgan fingerprint density at radius 3 is 0.886 bits per heavy atom. The first-order valence-electron chi connectivity index (χ1n) is 47.4. The van der Waals surface area contributed by atoms with Crippen LogP contribution in [0.25, 0.3) is 134 Å². The second kappa shape index (κ2) is 34.4. The summed E-state index contributed by atoms with van der Waals surface area (Å²) in [4.78, 5) is 0. The van der Waals surface area contributed by atoms with Crippen molar-refractivity contribution in [3.05, 3.63) is 501 Å². The fourth-order valence-electron chi connectivity index (χ4n) is 23.4. The van der Waals surface area contributed by atoms with Gasteiger partial charge in [-0.3, -0.25) is 0 Å². The fraction of sp³-hybridized carbons (Fsp3) is 0.182. The smallest absolute Gasteiger partial charge is 0.0165 e. The van der Waals surface area contributed by atoms with Crippen molar-refractivity contribution < 1.29 is 0 Å². The highest BCUT2D eigenvalue weighted by atomic mass is 14.5. The van der Waals surface area contributed by atoms with Crippen LogP contribution in [0.1, 0.15) is 183 Å². The van der Waals surface area contributed by atoms with Crippen molar-refractivity contribution in [1.29, 1.82) is 0 Å². The van der Waals surface area contributed by atoms with Crippen LogP contribution >= 0.6 is 0 Å². The van der Waals surface area contributed by atoms with Crippen molar-refractivity contribution in [3.63, 3.8) is 0 Å². The van der Waals surface area contributed by atoms with Crippen LogP contribution in [-0.4, -0.2) is 0 Å². The van der Waals surface area contributed by atoms with E-state index in [1.165, 1.54) is 234 Å². The van der Waals surface area contributed by atoms with Gasteiger partial charge in [0, 0.05) is 32.5 Å². The Kier molecular flexibility index (Phi) is 22.7. The summed E-state index contributed by atoms with van der Waals surface area (Å²) in [6.45, 7) is 41.2. The van der Waals surface area contributed by atoms with E-state index in [1.807, 2.05) is 0 Å². The van der Waals surface area contributed by atoms with E-state index in [9.17, 15) is 0 Å². The highest BCUT2D eigenvalue weighted by molar-refractivity contribution is 5.98. The Balaban J connectivity index is 0.000000102. The molecule has 0 nitrogen and oxygen atoms in total. The van der Waals surface area contributed by atoms with Crippen LogP contribution in [0.3, 0.4) is 0 Å². The molecule has 0 N–H and O–H groups in total. The average molecular weight is 1710 g/mol. The molecule has 0 aromatic heterocycles. The maximum absolute atomic E-state index is 2.35. The summed E-state index contributed by atoms with van der Waals surface area (Å²) in [6, 6.07) is 146. The number of hydrogen-bond acceptors (Lipinski definition) is 0. The molecule has 0 heteroatoms. The average Bonchev–Trinajstić information content (AvgIpc) is 1.80. The summed E-state index contributed by atoms with van der Waals surface area (Å²) < 4.78 is 0. The van der Waals surface area contributed by atoms with Gasteiger partial charge in [-0.1, -0.05) is 500 Å². The molecule has 0 saturated heterocycles. The van der Waals surface area contributed by atoms with Gasteiger partial charge in [0.2, 0.25) is 0 Å². The third-order valence-electron chi connectivity index (χ3n) is 29.8. The molecule has 0 atom stereocenters.